The van der Waals surface area contributed by atoms with Gasteiger partial charge in [0.25, 0.3) is 0 Å². The average molecular weight is 415 g/mol. The van der Waals surface area contributed by atoms with Crippen LogP contribution in [0.3, 0.4) is 0 Å². The third kappa shape index (κ3) is 12.7. The van der Waals surface area contributed by atoms with E-state index in [1.54, 1.807) is 0 Å². The van der Waals surface area contributed by atoms with E-state index < -0.39 is 31.0 Å². The minimum Gasteiger partial charge on any atom is -0.394 e. The van der Waals surface area contributed by atoms with Crippen LogP contribution >= 0.6 is 0 Å². The number of rotatable bonds is 20. The first-order chi connectivity index (χ1) is 14.2. The molecule has 5 heteroatoms. The Morgan fingerprint density at radius 1 is 0.862 bits per heavy atom. The van der Waals surface area contributed by atoms with E-state index in [9.17, 15) is 10.2 Å². The third-order valence-electron chi connectivity index (χ3n) is 5.87. The fourth-order valence-electron chi connectivity index (χ4n) is 3.95. The normalized spacial score (nSPS) is 22.8. The second-order valence-corrected chi connectivity index (χ2v) is 8.47. The maximum Gasteiger partial charge on any atom is 0.114 e. The molecule has 3 N–H and O–H groups in total. The van der Waals surface area contributed by atoms with Gasteiger partial charge in [-0.3, -0.25) is 0 Å². The molecule has 0 radical (unpaired) electrons. The molecule has 0 aromatic heterocycles. The van der Waals surface area contributed by atoms with Crippen molar-refractivity contribution in [1.82, 2.24) is 0 Å². The van der Waals surface area contributed by atoms with Gasteiger partial charge in [-0.15, -0.1) is 6.58 Å². The number of hydrogen-bond acceptors (Lipinski definition) is 5. The molecule has 0 amide bonds. The van der Waals surface area contributed by atoms with Gasteiger partial charge in [0.05, 0.1) is 13.2 Å². The molecule has 0 saturated carbocycles. The van der Waals surface area contributed by atoms with Crippen molar-refractivity contribution in [2.24, 2.45) is 0 Å². The highest BCUT2D eigenvalue weighted by Gasteiger charge is 2.40. The lowest BCUT2D eigenvalue weighted by Gasteiger charge is -2.20. The summed E-state index contributed by atoms with van der Waals surface area (Å²) >= 11 is 0. The van der Waals surface area contributed by atoms with Gasteiger partial charge in [-0.1, -0.05) is 83.1 Å². The largest absolute Gasteiger partial charge is 0.394 e. The molecule has 0 aromatic rings. The molecule has 4 atom stereocenters. The fraction of sp³-hybridized carbons (Fsp3) is 0.917. The van der Waals surface area contributed by atoms with E-state index in [-0.39, 0.29) is 6.61 Å². The highest BCUT2D eigenvalue weighted by atomic mass is 16.6. The van der Waals surface area contributed by atoms with Crippen LogP contribution in [0.25, 0.3) is 0 Å². The fourth-order valence-corrected chi connectivity index (χ4v) is 3.95. The van der Waals surface area contributed by atoms with Gasteiger partial charge >= 0.3 is 0 Å². The van der Waals surface area contributed by atoms with Gasteiger partial charge in [-0.2, -0.15) is 0 Å². The van der Waals surface area contributed by atoms with E-state index in [0.717, 1.165) is 12.8 Å². The molecule has 0 spiro atoms. The van der Waals surface area contributed by atoms with Crippen molar-refractivity contribution in [1.29, 1.82) is 0 Å². The van der Waals surface area contributed by atoms with Crippen LogP contribution in [-0.2, 0) is 9.47 Å². The van der Waals surface area contributed by atoms with Crippen LogP contribution in [0.4, 0.5) is 0 Å². The summed E-state index contributed by atoms with van der Waals surface area (Å²) in [6, 6.07) is 0. The van der Waals surface area contributed by atoms with Crippen LogP contribution in [0, 0.1) is 0 Å². The Kier molecular flexibility index (Phi) is 16.8. The number of unbranched alkanes of at least 4 members (excludes halogenated alkanes) is 14. The molecule has 1 heterocycles. The second kappa shape index (κ2) is 18.3. The molecule has 1 saturated heterocycles. The summed E-state index contributed by atoms with van der Waals surface area (Å²) in [6.07, 6.45) is 18.5. The Morgan fingerprint density at radius 2 is 1.34 bits per heavy atom. The Hall–Kier alpha value is -0.460. The lowest BCUT2D eigenvalue weighted by Crippen LogP contribution is -2.41. The summed E-state index contributed by atoms with van der Waals surface area (Å²) in [5, 5.41) is 28.6. The topological polar surface area (TPSA) is 79.2 Å². The monoisotopic (exact) mass is 414 g/mol. The van der Waals surface area contributed by atoms with Crippen LogP contribution in [0.2, 0.25) is 0 Å². The van der Waals surface area contributed by atoms with Gasteiger partial charge in [0, 0.05) is 6.61 Å². The summed E-state index contributed by atoms with van der Waals surface area (Å²) < 4.78 is 11.0. The molecule has 0 aromatic carbocycles. The molecular formula is C24H46O5. The molecule has 1 rings (SSSR count). The van der Waals surface area contributed by atoms with Crippen LogP contribution in [0.5, 0.6) is 0 Å². The Morgan fingerprint density at radius 3 is 1.83 bits per heavy atom. The van der Waals surface area contributed by atoms with Gasteiger partial charge in [-0.05, 0) is 19.3 Å². The minimum absolute atomic E-state index is 0.276. The first-order valence-electron chi connectivity index (χ1n) is 12.0. The Balaban J connectivity index is 1.79. The maximum atomic E-state index is 10.1. The van der Waals surface area contributed by atoms with Gasteiger partial charge in [-0.25, -0.2) is 0 Å². The Labute approximate surface area is 178 Å². The standard InChI is InChI=1S/C24H46O5/c1-2-3-4-5-6-7-8-9-10-11-12-13-14-15-16-17-18-28-22-20-29-24(23(22)27)21(26)19-25/h2,21-27H,1,3-20H2/t21-,22+,23+,24+/m0/s1. The van der Waals surface area contributed by atoms with Crippen LogP contribution in [0.15, 0.2) is 12.7 Å². The van der Waals surface area contributed by atoms with Crippen molar-refractivity contribution in [2.45, 2.75) is 121 Å². The molecule has 172 valence electrons. The highest BCUT2D eigenvalue weighted by molar-refractivity contribution is 4.88. The molecular weight excluding hydrogens is 368 g/mol. The molecule has 5 nitrogen and oxygen atoms in total. The lowest BCUT2D eigenvalue weighted by molar-refractivity contribution is -0.0730. The number of hydrogen-bond donors (Lipinski definition) is 3. The van der Waals surface area contributed by atoms with Crippen LogP contribution < -0.4 is 0 Å². The first kappa shape index (κ1) is 26.6. The van der Waals surface area contributed by atoms with Gasteiger partial charge in [0.1, 0.15) is 24.4 Å². The predicted molar refractivity (Wildman–Crippen MR) is 118 cm³/mol. The van der Waals surface area contributed by atoms with E-state index in [2.05, 4.69) is 6.58 Å². The van der Waals surface area contributed by atoms with E-state index >= 15 is 0 Å². The maximum absolute atomic E-state index is 10.1. The smallest absolute Gasteiger partial charge is 0.114 e. The van der Waals surface area contributed by atoms with Crippen LogP contribution in [0.1, 0.15) is 96.3 Å². The van der Waals surface area contributed by atoms with Crippen molar-refractivity contribution in [2.75, 3.05) is 19.8 Å². The number of ether oxygens (including phenoxy) is 2. The summed E-state index contributed by atoms with van der Waals surface area (Å²) in [6.45, 7) is 4.24. The van der Waals surface area contributed by atoms with E-state index in [1.807, 2.05) is 6.08 Å². The predicted octanol–water partition coefficient (Wildman–Crippen LogP) is 4.52. The molecule has 29 heavy (non-hydrogen) atoms. The quantitative estimate of drug-likeness (QED) is 0.202. The summed E-state index contributed by atoms with van der Waals surface area (Å²) in [7, 11) is 0. The van der Waals surface area contributed by atoms with Gasteiger partial charge < -0.3 is 24.8 Å². The summed E-state index contributed by atoms with van der Waals surface area (Å²) in [5.41, 5.74) is 0. The zero-order valence-corrected chi connectivity index (χ0v) is 18.5. The molecule has 1 aliphatic rings. The molecule has 0 aliphatic carbocycles. The van der Waals surface area contributed by atoms with E-state index in [1.165, 1.54) is 83.5 Å². The van der Waals surface area contributed by atoms with E-state index in [4.69, 9.17) is 14.6 Å². The van der Waals surface area contributed by atoms with Crippen molar-refractivity contribution in [3.05, 3.63) is 12.7 Å². The number of aliphatic hydroxyl groups is 3. The van der Waals surface area contributed by atoms with Crippen molar-refractivity contribution < 1.29 is 24.8 Å². The zero-order valence-electron chi connectivity index (χ0n) is 18.5. The van der Waals surface area contributed by atoms with Crippen molar-refractivity contribution >= 4 is 0 Å². The SMILES string of the molecule is C=CCCCCCCCCCCCCCCCCO[C@@H]1CO[C@H]([C@@H](O)CO)[C@@H]1O. The van der Waals surface area contributed by atoms with Gasteiger partial charge in [0.2, 0.25) is 0 Å². The second-order valence-electron chi connectivity index (χ2n) is 8.47. The summed E-state index contributed by atoms with van der Waals surface area (Å²) in [5.74, 6) is 0. The minimum atomic E-state index is -1.05. The zero-order chi connectivity index (χ0) is 21.2. The van der Waals surface area contributed by atoms with E-state index in [0.29, 0.717) is 6.61 Å². The molecule has 0 bridgehead atoms. The van der Waals surface area contributed by atoms with Crippen LogP contribution in [-0.4, -0.2) is 59.6 Å². The van der Waals surface area contributed by atoms with Crippen molar-refractivity contribution in [3.8, 4) is 0 Å². The van der Waals surface area contributed by atoms with Gasteiger partial charge in [0.15, 0.2) is 0 Å². The lowest BCUT2D eigenvalue weighted by atomic mass is 10.0. The first-order valence-corrected chi connectivity index (χ1v) is 12.0. The third-order valence-corrected chi connectivity index (χ3v) is 5.87. The summed E-state index contributed by atoms with van der Waals surface area (Å²) in [4.78, 5) is 0. The molecule has 1 aliphatic heterocycles. The highest BCUT2D eigenvalue weighted by Crippen LogP contribution is 2.20. The Bertz CT molecular complexity index is 376. The molecule has 1 fully saturated rings. The number of aliphatic hydroxyl groups excluding tert-OH is 3. The van der Waals surface area contributed by atoms with Crippen molar-refractivity contribution in [3.63, 3.8) is 0 Å². The average Bonchev–Trinajstić information content (AvgIpc) is 3.10. The molecule has 0 unspecified atom stereocenters. The number of allylic oxidation sites excluding steroid dienone is 1.